The highest BCUT2D eigenvalue weighted by Crippen LogP contribution is 2.16. The van der Waals surface area contributed by atoms with E-state index in [4.69, 9.17) is 9.84 Å². The molecule has 0 aliphatic rings. The maximum absolute atomic E-state index is 13.3. The largest absolute Gasteiger partial charge is 0.497 e. The average molecular weight is 339 g/mol. The summed E-state index contributed by atoms with van der Waals surface area (Å²) < 4.78 is 45.0. The zero-order chi connectivity index (χ0) is 17.0. The molecule has 0 aliphatic carbocycles. The van der Waals surface area contributed by atoms with Crippen molar-refractivity contribution in [2.75, 3.05) is 7.11 Å². The van der Waals surface area contributed by atoms with Crippen LogP contribution in [-0.4, -0.2) is 26.6 Å². The van der Waals surface area contributed by atoms with Crippen molar-refractivity contribution in [3.63, 3.8) is 0 Å². The Morgan fingerprint density at radius 3 is 2.43 bits per heavy atom. The quantitative estimate of drug-likeness (QED) is 0.840. The van der Waals surface area contributed by atoms with Gasteiger partial charge < -0.3 is 9.84 Å². The number of methoxy groups -OCH3 is 1. The summed E-state index contributed by atoms with van der Waals surface area (Å²) in [6.07, 6.45) is 0. The van der Waals surface area contributed by atoms with Crippen LogP contribution in [0.4, 0.5) is 4.39 Å². The van der Waals surface area contributed by atoms with Crippen LogP contribution in [0.5, 0.6) is 5.75 Å². The molecule has 0 unspecified atom stereocenters. The maximum Gasteiger partial charge on any atom is 0.338 e. The molecular formula is C15H14FNO5S. The van der Waals surface area contributed by atoms with Crippen molar-refractivity contribution in [2.24, 2.45) is 0 Å². The lowest BCUT2D eigenvalue weighted by Gasteiger charge is -2.08. The van der Waals surface area contributed by atoms with Crippen LogP contribution in [-0.2, 0) is 16.6 Å². The van der Waals surface area contributed by atoms with Crippen LogP contribution in [0.2, 0.25) is 0 Å². The Morgan fingerprint density at radius 2 is 1.87 bits per heavy atom. The second-order valence-corrected chi connectivity index (χ2v) is 6.39. The van der Waals surface area contributed by atoms with Crippen molar-refractivity contribution in [2.45, 2.75) is 11.4 Å². The first kappa shape index (κ1) is 16.9. The van der Waals surface area contributed by atoms with E-state index in [0.717, 1.165) is 18.2 Å². The van der Waals surface area contributed by atoms with E-state index >= 15 is 0 Å². The van der Waals surface area contributed by atoms with Crippen LogP contribution in [0.1, 0.15) is 15.9 Å². The number of hydrogen-bond acceptors (Lipinski definition) is 4. The normalized spacial score (nSPS) is 11.2. The van der Waals surface area contributed by atoms with Crippen LogP contribution in [0.15, 0.2) is 47.4 Å². The lowest BCUT2D eigenvalue weighted by Crippen LogP contribution is -2.23. The Balaban J connectivity index is 2.18. The molecule has 0 saturated carbocycles. The second-order valence-electron chi connectivity index (χ2n) is 4.62. The predicted molar refractivity (Wildman–Crippen MR) is 80.4 cm³/mol. The zero-order valence-electron chi connectivity index (χ0n) is 12.1. The number of carboxylic acids is 1. The maximum atomic E-state index is 13.3. The third kappa shape index (κ3) is 4.05. The summed E-state index contributed by atoms with van der Waals surface area (Å²) in [6.45, 7) is 0.00606. The highest BCUT2D eigenvalue weighted by atomic mass is 32.2. The van der Waals surface area contributed by atoms with Gasteiger partial charge in [0.05, 0.1) is 17.6 Å². The lowest BCUT2D eigenvalue weighted by molar-refractivity contribution is 0.0691. The summed E-state index contributed by atoms with van der Waals surface area (Å²) in [5, 5.41) is 8.85. The molecule has 2 rings (SSSR count). The summed E-state index contributed by atoms with van der Waals surface area (Å²) in [5.74, 6) is -1.89. The van der Waals surface area contributed by atoms with Gasteiger partial charge >= 0.3 is 5.97 Å². The zero-order valence-corrected chi connectivity index (χ0v) is 12.9. The minimum atomic E-state index is -3.96. The summed E-state index contributed by atoms with van der Waals surface area (Å²) >= 11 is 0. The Labute approximate surface area is 132 Å². The van der Waals surface area contributed by atoms with Crippen molar-refractivity contribution < 1.29 is 27.4 Å². The fourth-order valence-corrected chi connectivity index (χ4v) is 2.88. The molecule has 0 aromatic heterocycles. The molecule has 8 heteroatoms. The minimum absolute atomic E-state index is 0.00606. The fourth-order valence-electron chi connectivity index (χ4n) is 1.84. The molecule has 0 fully saturated rings. The first-order valence-electron chi connectivity index (χ1n) is 6.49. The Kier molecular flexibility index (Phi) is 4.97. The van der Waals surface area contributed by atoms with Crippen LogP contribution < -0.4 is 9.46 Å². The highest BCUT2D eigenvalue weighted by molar-refractivity contribution is 7.89. The summed E-state index contributed by atoms with van der Waals surface area (Å²) in [4.78, 5) is 10.6. The Hall–Kier alpha value is -2.45. The van der Waals surface area contributed by atoms with Gasteiger partial charge in [-0.05, 0) is 35.9 Å². The number of nitrogens with one attached hydrogen (secondary N) is 1. The molecule has 2 aromatic carbocycles. The number of sulfonamides is 1. The predicted octanol–water partition coefficient (Wildman–Crippen LogP) is 2.01. The van der Waals surface area contributed by atoms with Crippen molar-refractivity contribution >= 4 is 16.0 Å². The third-order valence-corrected chi connectivity index (χ3v) is 4.50. The van der Waals surface area contributed by atoms with Gasteiger partial charge in [-0.15, -0.1) is 0 Å². The van der Waals surface area contributed by atoms with Gasteiger partial charge in [-0.25, -0.2) is 22.3 Å². The summed E-state index contributed by atoms with van der Waals surface area (Å²) in [7, 11) is -2.44. The fraction of sp³-hybridized carbons (Fsp3) is 0.133. The van der Waals surface area contributed by atoms with Crippen molar-refractivity contribution in [3.05, 3.63) is 59.4 Å². The smallest absolute Gasteiger partial charge is 0.338 e. The molecule has 122 valence electrons. The van der Waals surface area contributed by atoms with Gasteiger partial charge in [-0.1, -0.05) is 12.1 Å². The Morgan fingerprint density at radius 1 is 1.22 bits per heavy atom. The number of carbonyl (C=O) groups is 1. The summed E-state index contributed by atoms with van der Waals surface area (Å²) in [6, 6.07) is 9.36. The highest BCUT2D eigenvalue weighted by Gasteiger charge is 2.18. The number of rotatable bonds is 6. The Bertz CT molecular complexity index is 818. The van der Waals surface area contributed by atoms with E-state index in [-0.39, 0.29) is 11.4 Å². The molecule has 2 N–H and O–H groups in total. The number of halogens is 1. The van der Waals surface area contributed by atoms with E-state index < -0.39 is 27.4 Å². The SMILES string of the molecule is COc1ccc(CNS(=O)(=O)c2ccc(F)c(C(=O)O)c2)cc1. The molecule has 0 saturated heterocycles. The number of hydrogen-bond donors (Lipinski definition) is 2. The number of carboxylic acid groups (broad SMARTS) is 1. The first-order valence-corrected chi connectivity index (χ1v) is 7.97. The molecule has 23 heavy (non-hydrogen) atoms. The van der Waals surface area contributed by atoms with Crippen LogP contribution in [0.3, 0.4) is 0 Å². The van der Waals surface area contributed by atoms with Gasteiger partial charge in [0.1, 0.15) is 11.6 Å². The number of aromatic carboxylic acids is 1. The van der Waals surface area contributed by atoms with E-state index in [1.165, 1.54) is 7.11 Å². The van der Waals surface area contributed by atoms with Crippen molar-refractivity contribution in [1.29, 1.82) is 0 Å². The van der Waals surface area contributed by atoms with Gasteiger partial charge in [-0.3, -0.25) is 0 Å². The minimum Gasteiger partial charge on any atom is -0.497 e. The number of ether oxygens (including phenoxy) is 1. The van der Waals surface area contributed by atoms with Gasteiger partial charge in [0.2, 0.25) is 10.0 Å². The monoisotopic (exact) mass is 339 g/mol. The van der Waals surface area contributed by atoms with Gasteiger partial charge in [0.15, 0.2) is 0 Å². The molecule has 0 bridgehead atoms. The molecule has 0 spiro atoms. The molecule has 0 atom stereocenters. The van der Waals surface area contributed by atoms with E-state index in [2.05, 4.69) is 4.72 Å². The standard InChI is InChI=1S/C15H14FNO5S/c1-22-11-4-2-10(3-5-11)9-17-23(20,21)12-6-7-14(16)13(8-12)15(18)19/h2-8,17H,9H2,1H3,(H,18,19). The number of benzene rings is 2. The first-order chi connectivity index (χ1) is 10.8. The molecule has 0 heterocycles. The van der Waals surface area contributed by atoms with Crippen LogP contribution in [0.25, 0.3) is 0 Å². The molecule has 0 radical (unpaired) electrons. The topological polar surface area (TPSA) is 92.7 Å². The molecular weight excluding hydrogens is 325 g/mol. The van der Waals surface area contributed by atoms with Crippen LogP contribution >= 0.6 is 0 Å². The molecule has 6 nitrogen and oxygen atoms in total. The second kappa shape index (κ2) is 6.76. The van der Waals surface area contributed by atoms with Crippen LogP contribution in [0, 0.1) is 5.82 Å². The molecule has 0 amide bonds. The molecule has 0 aliphatic heterocycles. The molecule has 2 aromatic rings. The van der Waals surface area contributed by atoms with Gasteiger partial charge in [0, 0.05) is 6.54 Å². The van der Waals surface area contributed by atoms with Gasteiger partial charge in [-0.2, -0.15) is 0 Å². The van der Waals surface area contributed by atoms with E-state index in [9.17, 15) is 17.6 Å². The van der Waals surface area contributed by atoms with Crippen molar-refractivity contribution in [3.8, 4) is 5.75 Å². The van der Waals surface area contributed by atoms with Crippen molar-refractivity contribution in [1.82, 2.24) is 4.72 Å². The van der Waals surface area contributed by atoms with E-state index in [1.54, 1.807) is 24.3 Å². The summed E-state index contributed by atoms with van der Waals surface area (Å²) in [5.41, 5.74) is -0.00716. The average Bonchev–Trinajstić information content (AvgIpc) is 2.53. The van der Waals surface area contributed by atoms with E-state index in [0.29, 0.717) is 11.3 Å². The van der Waals surface area contributed by atoms with E-state index in [1.807, 2.05) is 0 Å². The third-order valence-electron chi connectivity index (χ3n) is 3.10. The lowest BCUT2D eigenvalue weighted by atomic mass is 10.2. The van der Waals surface area contributed by atoms with Gasteiger partial charge in [0.25, 0.3) is 0 Å².